The van der Waals surface area contributed by atoms with Crippen molar-refractivity contribution in [3.63, 3.8) is 0 Å². The molecule has 0 unspecified atom stereocenters. The average molecular weight is 359 g/mol. The zero-order chi connectivity index (χ0) is 18.9. The van der Waals surface area contributed by atoms with E-state index in [-0.39, 0.29) is 5.91 Å². The van der Waals surface area contributed by atoms with Crippen LogP contribution in [0, 0.1) is 0 Å². The molecule has 26 heavy (non-hydrogen) atoms. The molecule has 2 rings (SSSR count). The Morgan fingerprint density at radius 2 is 1.62 bits per heavy atom. The predicted octanol–water partition coefficient (Wildman–Crippen LogP) is 4.14. The quantitative estimate of drug-likeness (QED) is 0.682. The number of ether oxygens (including phenoxy) is 4. The molecule has 6 nitrogen and oxygen atoms in total. The topological polar surface area (TPSA) is 66.0 Å². The molecule has 0 fully saturated rings. The first kappa shape index (κ1) is 19.4. The van der Waals surface area contributed by atoms with Crippen LogP contribution in [0.1, 0.15) is 30.1 Å². The Labute approximate surface area is 154 Å². The van der Waals surface area contributed by atoms with E-state index >= 15 is 0 Å². The molecule has 0 saturated carbocycles. The van der Waals surface area contributed by atoms with E-state index in [4.69, 9.17) is 18.9 Å². The highest BCUT2D eigenvalue weighted by Crippen LogP contribution is 2.38. The maximum absolute atomic E-state index is 12.7. The average Bonchev–Trinajstić information content (AvgIpc) is 2.68. The molecule has 0 atom stereocenters. The van der Waals surface area contributed by atoms with Crippen molar-refractivity contribution in [2.24, 2.45) is 0 Å². The van der Waals surface area contributed by atoms with Crippen molar-refractivity contribution in [2.75, 3.05) is 33.3 Å². The van der Waals surface area contributed by atoms with Crippen molar-refractivity contribution >= 4 is 11.6 Å². The van der Waals surface area contributed by atoms with Crippen molar-refractivity contribution < 1.29 is 23.7 Å². The van der Waals surface area contributed by atoms with Crippen LogP contribution in [0.3, 0.4) is 0 Å². The number of para-hydroxylation sites is 2. The SMILES string of the molecule is CCCCOc1ccccc1NC(=O)c1cc(OC)c(OC)c(OC)c1. The van der Waals surface area contributed by atoms with Gasteiger partial charge in [-0.3, -0.25) is 4.79 Å². The fourth-order valence-electron chi connectivity index (χ4n) is 2.43. The number of hydrogen-bond donors (Lipinski definition) is 1. The van der Waals surface area contributed by atoms with Gasteiger partial charge in [0.15, 0.2) is 11.5 Å². The van der Waals surface area contributed by atoms with Crippen LogP contribution in [0.4, 0.5) is 5.69 Å². The highest BCUT2D eigenvalue weighted by Gasteiger charge is 2.18. The minimum absolute atomic E-state index is 0.296. The molecule has 0 radical (unpaired) electrons. The number of hydrogen-bond acceptors (Lipinski definition) is 5. The van der Waals surface area contributed by atoms with Gasteiger partial charge in [0.05, 0.1) is 33.6 Å². The van der Waals surface area contributed by atoms with E-state index in [1.54, 1.807) is 18.2 Å². The fourth-order valence-corrected chi connectivity index (χ4v) is 2.43. The third-order valence-electron chi connectivity index (χ3n) is 3.82. The lowest BCUT2D eigenvalue weighted by Gasteiger charge is -2.15. The summed E-state index contributed by atoms with van der Waals surface area (Å²) in [5.41, 5.74) is 1.00. The summed E-state index contributed by atoms with van der Waals surface area (Å²) in [5.74, 6) is 1.63. The van der Waals surface area contributed by atoms with Gasteiger partial charge < -0.3 is 24.3 Å². The third kappa shape index (κ3) is 4.59. The lowest BCUT2D eigenvalue weighted by molar-refractivity contribution is 0.102. The molecule has 2 aromatic carbocycles. The second kappa shape index (κ2) is 9.56. The molecular weight excluding hydrogens is 334 g/mol. The summed E-state index contributed by atoms with van der Waals surface area (Å²) in [5, 5.41) is 2.88. The Morgan fingerprint density at radius 1 is 0.962 bits per heavy atom. The first-order valence-electron chi connectivity index (χ1n) is 8.47. The molecule has 0 heterocycles. The summed E-state index contributed by atoms with van der Waals surface area (Å²) in [6.07, 6.45) is 2.00. The Kier molecular flexibility index (Phi) is 7.14. The van der Waals surface area contributed by atoms with Crippen LogP contribution in [0.25, 0.3) is 0 Å². The summed E-state index contributed by atoms with van der Waals surface area (Å²) in [6.45, 7) is 2.70. The molecule has 2 aromatic rings. The minimum atomic E-state index is -0.296. The van der Waals surface area contributed by atoms with E-state index in [1.807, 2.05) is 18.2 Å². The molecule has 0 aromatic heterocycles. The lowest BCUT2D eigenvalue weighted by atomic mass is 10.1. The van der Waals surface area contributed by atoms with Crippen molar-refractivity contribution in [1.82, 2.24) is 0 Å². The highest BCUT2D eigenvalue weighted by atomic mass is 16.5. The normalized spacial score (nSPS) is 10.2. The van der Waals surface area contributed by atoms with Crippen molar-refractivity contribution in [3.8, 4) is 23.0 Å². The number of methoxy groups -OCH3 is 3. The van der Waals surface area contributed by atoms with Crippen LogP contribution in [-0.4, -0.2) is 33.8 Å². The van der Waals surface area contributed by atoms with Gasteiger partial charge in [0.25, 0.3) is 5.91 Å². The summed E-state index contributed by atoms with van der Waals surface area (Å²) in [7, 11) is 4.54. The number of unbranched alkanes of at least 4 members (excludes halogenated alkanes) is 1. The van der Waals surface area contributed by atoms with Crippen LogP contribution in [0.15, 0.2) is 36.4 Å². The Hall–Kier alpha value is -2.89. The smallest absolute Gasteiger partial charge is 0.256 e. The number of rotatable bonds is 9. The standard InChI is InChI=1S/C20H25NO5/c1-5-6-11-26-16-10-8-7-9-15(16)21-20(22)14-12-17(23-2)19(25-4)18(13-14)24-3/h7-10,12-13H,5-6,11H2,1-4H3,(H,21,22). The molecule has 6 heteroatoms. The Bertz CT molecular complexity index is 720. The molecule has 1 N–H and O–H groups in total. The van der Waals surface area contributed by atoms with Gasteiger partial charge in [-0.25, -0.2) is 0 Å². The summed E-state index contributed by atoms with van der Waals surface area (Å²) in [4.78, 5) is 12.7. The molecule has 0 aliphatic carbocycles. The van der Waals surface area contributed by atoms with Gasteiger partial charge in [-0.05, 0) is 30.7 Å². The van der Waals surface area contributed by atoms with Crippen LogP contribution in [-0.2, 0) is 0 Å². The highest BCUT2D eigenvalue weighted by molar-refractivity contribution is 6.05. The van der Waals surface area contributed by atoms with Crippen LogP contribution in [0.2, 0.25) is 0 Å². The number of nitrogens with one attached hydrogen (secondary N) is 1. The summed E-state index contributed by atoms with van der Waals surface area (Å²) < 4.78 is 21.6. The molecule has 1 amide bonds. The summed E-state index contributed by atoms with van der Waals surface area (Å²) in [6, 6.07) is 10.6. The van der Waals surface area contributed by atoms with Crippen molar-refractivity contribution in [2.45, 2.75) is 19.8 Å². The number of amides is 1. The number of anilines is 1. The minimum Gasteiger partial charge on any atom is -0.493 e. The van der Waals surface area contributed by atoms with Crippen molar-refractivity contribution in [3.05, 3.63) is 42.0 Å². The molecule has 140 valence electrons. The van der Waals surface area contributed by atoms with E-state index in [0.29, 0.717) is 40.9 Å². The zero-order valence-electron chi connectivity index (χ0n) is 15.6. The van der Waals surface area contributed by atoms with E-state index in [1.165, 1.54) is 21.3 Å². The van der Waals surface area contributed by atoms with Gasteiger partial charge in [-0.1, -0.05) is 25.5 Å². The van der Waals surface area contributed by atoms with Gasteiger partial charge >= 0.3 is 0 Å². The molecule has 0 bridgehead atoms. The van der Waals surface area contributed by atoms with E-state index in [0.717, 1.165) is 12.8 Å². The van der Waals surface area contributed by atoms with Crippen molar-refractivity contribution in [1.29, 1.82) is 0 Å². The number of carbonyl (C=O) groups excluding carboxylic acids is 1. The predicted molar refractivity (Wildman–Crippen MR) is 101 cm³/mol. The maximum atomic E-state index is 12.7. The van der Waals surface area contributed by atoms with Crippen LogP contribution in [0.5, 0.6) is 23.0 Å². The molecule has 0 aliphatic heterocycles. The largest absolute Gasteiger partial charge is 0.493 e. The second-order valence-corrected chi connectivity index (χ2v) is 5.57. The fraction of sp³-hybridized carbons (Fsp3) is 0.350. The first-order valence-corrected chi connectivity index (χ1v) is 8.47. The second-order valence-electron chi connectivity index (χ2n) is 5.57. The zero-order valence-corrected chi connectivity index (χ0v) is 15.6. The molecular formula is C20H25NO5. The van der Waals surface area contributed by atoms with Gasteiger partial charge in [-0.2, -0.15) is 0 Å². The van der Waals surface area contributed by atoms with Gasteiger partial charge in [0, 0.05) is 5.56 Å². The van der Waals surface area contributed by atoms with E-state index < -0.39 is 0 Å². The van der Waals surface area contributed by atoms with Gasteiger partial charge in [-0.15, -0.1) is 0 Å². The van der Waals surface area contributed by atoms with Gasteiger partial charge in [0.2, 0.25) is 5.75 Å². The third-order valence-corrected chi connectivity index (χ3v) is 3.82. The Balaban J connectivity index is 2.25. The molecule has 0 saturated heterocycles. The first-order chi connectivity index (χ1) is 12.6. The molecule has 0 spiro atoms. The lowest BCUT2D eigenvalue weighted by Crippen LogP contribution is -2.13. The van der Waals surface area contributed by atoms with E-state index in [9.17, 15) is 4.79 Å². The number of carbonyl (C=O) groups is 1. The Morgan fingerprint density at radius 3 is 2.19 bits per heavy atom. The van der Waals surface area contributed by atoms with Crippen LogP contribution >= 0.6 is 0 Å². The number of benzene rings is 2. The molecule has 0 aliphatic rings. The summed E-state index contributed by atoms with van der Waals surface area (Å²) >= 11 is 0. The maximum Gasteiger partial charge on any atom is 0.256 e. The van der Waals surface area contributed by atoms with Gasteiger partial charge in [0.1, 0.15) is 5.75 Å². The van der Waals surface area contributed by atoms with Crippen LogP contribution < -0.4 is 24.3 Å². The van der Waals surface area contributed by atoms with E-state index in [2.05, 4.69) is 12.2 Å². The monoisotopic (exact) mass is 359 g/mol.